The number of alkyl halides is 3. The van der Waals surface area contributed by atoms with E-state index in [9.17, 15) is 22.4 Å². The third-order valence-corrected chi connectivity index (χ3v) is 7.25. The van der Waals surface area contributed by atoms with Gasteiger partial charge in [-0.25, -0.2) is 9.18 Å². The van der Waals surface area contributed by atoms with Crippen LogP contribution in [-0.2, 0) is 13.2 Å². The van der Waals surface area contributed by atoms with Crippen molar-refractivity contribution in [3.63, 3.8) is 0 Å². The third-order valence-electron chi connectivity index (χ3n) is 7.25. The zero-order valence-electron chi connectivity index (χ0n) is 21.9. The first kappa shape index (κ1) is 27.2. The molecule has 3 aromatic heterocycles. The van der Waals surface area contributed by atoms with Crippen molar-refractivity contribution in [1.29, 1.82) is 0 Å². The van der Waals surface area contributed by atoms with Gasteiger partial charge in [0.25, 0.3) is 5.82 Å². The Kier molecular flexibility index (Phi) is 7.01. The van der Waals surface area contributed by atoms with Crippen LogP contribution in [0.4, 0.5) is 29.2 Å². The highest BCUT2D eigenvalue weighted by Gasteiger charge is 2.38. The van der Waals surface area contributed by atoms with Crippen LogP contribution < -0.4 is 10.6 Å². The summed E-state index contributed by atoms with van der Waals surface area (Å²) in [5.41, 5.74) is 0.746. The Morgan fingerprint density at radius 3 is 2.35 bits per heavy atom. The number of piperazine rings is 1. The van der Waals surface area contributed by atoms with Gasteiger partial charge in [0, 0.05) is 38.4 Å². The molecule has 3 atom stereocenters. The first-order valence-corrected chi connectivity index (χ1v) is 12.5. The van der Waals surface area contributed by atoms with Gasteiger partial charge in [-0.05, 0) is 55.8 Å². The van der Waals surface area contributed by atoms with Crippen molar-refractivity contribution in [2.45, 2.75) is 38.1 Å². The van der Waals surface area contributed by atoms with Crippen molar-refractivity contribution in [2.75, 3.05) is 18.0 Å². The van der Waals surface area contributed by atoms with Crippen LogP contribution >= 0.6 is 0 Å². The molecule has 3 unspecified atom stereocenters. The Bertz CT molecular complexity index is 1650. The van der Waals surface area contributed by atoms with E-state index in [1.165, 1.54) is 22.8 Å². The van der Waals surface area contributed by atoms with Crippen LogP contribution in [-0.4, -0.2) is 49.6 Å². The van der Waals surface area contributed by atoms with Gasteiger partial charge in [0.15, 0.2) is 5.82 Å². The van der Waals surface area contributed by atoms with E-state index in [0.29, 0.717) is 41.2 Å². The highest BCUT2D eigenvalue weighted by atomic mass is 19.4. The summed E-state index contributed by atoms with van der Waals surface area (Å²) in [4.78, 5) is 33.1. The normalized spacial score (nSPS) is 19.0. The molecule has 0 saturated carbocycles. The van der Waals surface area contributed by atoms with E-state index in [2.05, 4.69) is 24.7 Å². The quantitative estimate of drug-likeness (QED) is 0.259. The number of rotatable bonds is 4. The van der Waals surface area contributed by atoms with Gasteiger partial charge in [0.2, 0.25) is 5.52 Å². The van der Waals surface area contributed by atoms with E-state index >= 15 is 0 Å². The molecule has 40 heavy (non-hydrogen) atoms. The number of benzene rings is 1. The highest BCUT2D eigenvalue weighted by Crippen LogP contribution is 2.36. The predicted octanol–water partition coefficient (Wildman–Crippen LogP) is 5.12. The average molecular weight is 552 g/mol. The second-order valence-electron chi connectivity index (χ2n) is 9.90. The molecule has 0 N–H and O–H groups in total. The molecule has 1 saturated heterocycles. The predicted molar refractivity (Wildman–Crippen MR) is 141 cm³/mol. The smallest absolute Gasteiger partial charge is 0.361 e. The molecule has 0 spiro atoms. The molecule has 1 aliphatic heterocycles. The SMILES string of the molecule is [C-]#[N+]c1ccc2c(n1)c(N1CC(C)N(C(c3ccc(F)cc3)c3ccc(C(F)(F)F)cn3)CC1C)nc(=O)n2C. The summed E-state index contributed by atoms with van der Waals surface area (Å²) in [7, 11) is 1.59. The number of halogens is 4. The van der Waals surface area contributed by atoms with Crippen LogP contribution in [0.15, 0.2) is 59.5 Å². The molecule has 0 aliphatic carbocycles. The highest BCUT2D eigenvalue weighted by molar-refractivity contribution is 5.87. The van der Waals surface area contributed by atoms with E-state index < -0.39 is 29.3 Å². The second-order valence-corrected chi connectivity index (χ2v) is 9.90. The second kappa shape index (κ2) is 10.3. The molecule has 1 aliphatic rings. The lowest BCUT2D eigenvalue weighted by molar-refractivity contribution is -0.137. The number of aromatic nitrogens is 4. The lowest BCUT2D eigenvalue weighted by atomic mass is 9.96. The molecule has 4 aromatic rings. The molecule has 1 fully saturated rings. The van der Waals surface area contributed by atoms with Gasteiger partial charge in [0.05, 0.1) is 22.8 Å². The van der Waals surface area contributed by atoms with Crippen molar-refractivity contribution in [2.24, 2.45) is 7.05 Å². The van der Waals surface area contributed by atoms with Crippen molar-refractivity contribution in [1.82, 2.24) is 24.4 Å². The molecular weight excluding hydrogens is 526 g/mol. The number of pyridine rings is 2. The van der Waals surface area contributed by atoms with Gasteiger partial charge in [0.1, 0.15) is 5.82 Å². The molecule has 4 heterocycles. The van der Waals surface area contributed by atoms with Crippen molar-refractivity contribution < 1.29 is 17.6 Å². The van der Waals surface area contributed by atoms with E-state index in [-0.39, 0.29) is 17.9 Å². The molecule has 0 bridgehead atoms. The minimum Gasteiger partial charge on any atom is -0.361 e. The summed E-state index contributed by atoms with van der Waals surface area (Å²) in [6.07, 6.45) is -3.71. The first-order valence-electron chi connectivity index (χ1n) is 12.5. The number of anilines is 1. The molecule has 5 rings (SSSR count). The number of aryl methyl sites for hydroxylation is 1. The third kappa shape index (κ3) is 5.00. The van der Waals surface area contributed by atoms with Gasteiger partial charge < -0.3 is 9.74 Å². The van der Waals surface area contributed by atoms with Gasteiger partial charge >= 0.3 is 11.9 Å². The maximum atomic E-state index is 13.8. The Morgan fingerprint density at radius 2 is 1.73 bits per heavy atom. The monoisotopic (exact) mass is 551 g/mol. The topological polar surface area (TPSA) is 71.5 Å². The molecule has 12 heteroatoms. The Balaban J connectivity index is 1.54. The number of hydrogen-bond acceptors (Lipinski definition) is 6. The van der Waals surface area contributed by atoms with E-state index in [4.69, 9.17) is 6.57 Å². The first-order chi connectivity index (χ1) is 19.0. The number of nitrogens with zero attached hydrogens (tertiary/aromatic N) is 7. The summed E-state index contributed by atoms with van der Waals surface area (Å²) in [5.74, 6) is 0.121. The Hall–Kier alpha value is -4.37. The van der Waals surface area contributed by atoms with Crippen molar-refractivity contribution in [3.8, 4) is 0 Å². The van der Waals surface area contributed by atoms with E-state index in [1.807, 2.05) is 18.7 Å². The fraction of sp³-hybridized carbons (Fsp3) is 0.321. The summed E-state index contributed by atoms with van der Waals surface area (Å²) in [6.45, 7) is 12.1. The largest absolute Gasteiger partial charge is 0.417 e. The van der Waals surface area contributed by atoms with Crippen LogP contribution in [0.5, 0.6) is 0 Å². The number of fused-ring (bicyclic) bond motifs is 1. The Morgan fingerprint density at radius 1 is 1.00 bits per heavy atom. The average Bonchev–Trinajstić information content (AvgIpc) is 2.93. The summed E-state index contributed by atoms with van der Waals surface area (Å²) in [6, 6.07) is 10.5. The fourth-order valence-electron chi connectivity index (χ4n) is 5.18. The molecule has 0 amide bonds. The van der Waals surface area contributed by atoms with Gasteiger partial charge in [-0.2, -0.15) is 18.2 Å². The molecule has 8 nitrogen and oxygen atoms in total. The molecule has 0 radical (unpaired) electrons. The minimum absolute atomic E-state index is 0.179. The van der Waals surface area contributed by atoms with Crippen LogP contribution in [0.25, 0.3) is 15.9 Å². The van der Waals surface area contributed by atoms with Crippen LogP contribution in [0.3, 0.4) is 0 Å². The minimum atomic E-state index is -4.52. The lowest BCUT2D eigenvalue weighted by Gasteiger charge is -2.47. The van der Waals surface area contributed by atoms with Gasteiger partial charge in [-0.1, -0.05) is 18.7 Å². The number of hydrogen-bond donors (Lipinski definition) is 0. The zero-order valence-corrected chi connectivity index (χ0v) is 21.9. The van der Waals surface area contributed by atoms with Crippen molar-refractivity contribution in [3.05, 3.63) is 99.3 Å². The molecule has 206 valence electrons. The maximum Gasteiger partial charge on any atom is 0.417 e. The van der Waals surface area contributed by atoms with E-state index in [0.717, 1.165) is 12.3 Å². The lowest BCUT2D eigenvalue weighted by Crippen LogP contribution is -2.58. The Labute approximate surface area is 227 Å². The maximum absolute atomic E-state index is 13.8. The van der Waals surface area contributed by atoms with Crippen molar-refractivity contribution >= 4 is 22.7 Å². The van der Waals surface area contributed by atoms with Gasteiger partial charge in [-0.15, -0.1) is 4.98 Å². The van der Waals surface area contributed by atoms with E-state index in [1.54, 1.807) is 31.3 Å². The molecular formula is C28H25F4N7O. The summed E-state index contributed by atoms with van der Waals surface area (Å²) < 4.78 is 54.8. The standard InChI is InChI=1S/C28H25F4N7O/c1-16-15-39(26-24-22(37(4)27(40)36-26)11-12-23(33-3)35-24)17(2)14-38(16)25(18-5-8-20(29)9-6-18)21-10-7-19(13-34-21)28(30,31)32/h5-13,16-17,25H,14-15H2,1-2,4H3. The summed E-state index contributed by atoms with van der Waals surface area (Å²) in [5, 5.41) is 0. The van der Waals surface area contributed by atoms with Crippen LogP contribution in [0, 0.1) is 12.4 Å². The zero-order chi connectivity index (χ0) is 28.8. The fourth-order valence-corrected chi connectivity index (χ4v) is 5.18. The van der Waals surface area contributed by atoms with Gasteiger partial charge in [-0.3, -0.25) is 14.5 Å². The van der Waals surface area contributed by atoms with Crippen LogP contribution in [0.2, 0.25) is 0 Å². The summed E-state index contributed by atoms with van der Waals surface area (Å²) >= 11 is 0. The van der Waals surface area contributed by atoms with Crippen LogP contribution in [0.1, 0.15) is 36.7 Å². The molecule has 1 aromatic carbocycles.